The molecule has 0 amide bonds. The van der Waals surface area contributed by atoms with Gasteiger partial charge in [-0.15, -0.1) is 0 Å². The normalized spacial score (nSPS) is 11.5. The van der Waals surface area contributed by atoms with E-state index in [0.717, 1.165) is 6.54 Å². The van der Waals surface area contributed by atoms with E-state index in [1.165, 1.54) is 0 Å². The first-order valence-corrected chi connectivity index (χ1v) is 2.93. The quantitative estimate of drug-likeness (QED) is 0.536. The number of nitrogens with zero attached hydrogens (tertiary/aromatic N) is 1. The van der Waals surface area contributed by atoms with Crippen molar-refractivity contribution in [3.05, 3.63) is 0 Å². The van der Waals surface area contributed by atoms with Crippen molar-refractivity contribution >= 4 is 6.21 Å². The van der Waals surface area contributed by atoms with Crippen molar-refractivity contribution in [2.24, 2.45) is 4.99 Å². The zero-order valence-electron chi connectivity index (χ0n) is 5.81. The first-order valence-electron chi connectivity index (χ1n) is 2.93. The molecule has 0 atom stereocenters. The van der Waals surface area contributed by atoms with E-state index in [1.54, 1.807) is 0 Å². The number of aliphatic imine (C=N–C) groups is 1. The van der Waals surface area contributed by atoms with Crippen LogP contribution in [0.5, 0.6) is 0 Å². The van der Waals surface area contributed by atoms with Gasteiger partial charge in [0.15, 0.2) is 0 Å². The van der Waals surface area contributed by atoms with Crippen LogP contribution in [0.4, 0.5) is 0 Å². The maximum Gasteiger partial charge on any atom is 0.0439 e. The van der Waals surface area contributed by atoms with Crippen LogP contribution < -0.4 is 5.32 Å². The third-order valence-corrected chi connectivity index (χ3v) is 0.699. The molecule has 0 fully saturated rings. The van der Waals surface area contributed by atoms with Crippen LogP contribution in [0.25, 0.3) is 0 Å². The molecule has 0 rings (SSSR count). The third kappa shape index (κ3) is 5.63. The standard InChI is InChI=1S/C6H14N2/c1-6(2)8-5-4-7-3/h5-7H,4H2,1-3H3/b8-5-. The van der Waals surface area contributed by atoms with E-state index in [1.807, 2.05) is 13.3 Å². The number of nitrogens with one attached hydrogen (secondary N) is 1. The van der Waals surface area contributed by atoms with Gasteiger partial charge in [-0.05, 0) is 20.9 Å². The Labute approximate surface area is 51.0 Å². The van der Waals surface area contributed by atoms with Crippen LogP contribution in [-0.4, -0.2) is 25.8 Å². The summed E-state index contributed by atoms with van der Waals surface area (Å²) >= 11 is 0. The minimum absolute atomic E-state index is 0.434. The van der Waals surface area contributed by atoms with Gasteiger partial charge in [0.25, 0.3) is 0 Å². The number of hydrogen-bond donors (Lipinski definition) is 1. The molecule has 0 spiro atoms. The molecular formula is C6H14N2. The summed E-state index contributed by atoms with van der Waals surface area (Å²) in [6.45, 7) is 5.00. The molecule has 0 heterocycles. The fourth-order valence-corrected chi connectivity index (χ4v) is 0.355. The Morgan fingerprint density at radius 3 is 2.62 bits per heavy atom. The lowest BCUT2D eigenvalue weighted by Crippen LogP contribution is -2.09. The Balaban J connectivity index is 3.07. The maximum atomic E-state index is 4.13. The van der Waals surface area contributed by atoms with Gasteiger partial charge in [0.1, 0.15) is 0 Å². The molecule has 8 heavy (non-hydrogen) atoms. The lowest BCUT2D eigenvalue weighted by molar-refractivity contribution is 0.831. The monoisotopic (exact) mass is 114 g/mol. The van der Waals surface area contributed by atoms with Crippen LogP contribution in [0, 0.1) is 0 Å². The largest absolute Gasteiger partial charge is 0.315 e. The van der Waals surface area contributed by atoms with E-state index in [4.69, 9.17) is 0 Å². The SMILES string of the molecule is CNC/C=N\C(C)C. The summed E-state index contributed by atoms with van der Waals surface area (Å²) in [7, 11) is 1.91. The minimum Gasteiger partial charge on any atom is -0.315 e. The summed E-state index contributed by atoms with van der Waals surface area (Å²) in [5.74, 6) is 0. The highest BCUT2D eigenvalue weighted by atomic mass is 14.8. The molecule has 2 nitrogen and oxygen atoms in total. The van der Waals surface area contributed by atoms with E-state index in [-0.39, 0.29) is 0 Å². The average molecular weight is 114 g/mol. The zero-order chi connectivity index (χ0) is 6.41. The lowest BCUT2D eigenvalue weighted by atomic mass is 10.4. The summed E-state index contributed by atoms with van der Waals surface area (Å²) < 4.78 is 0. The summed E-state index contributed by atoms with van der Waals surface area (Å²) in [6, 6.07) is 0.434. The van der Waals surface area contributed by atoms with E-state index >= 15 is 0 Å². The number of hydrogen-bond acceptors (Lipinski definition) is 2. The average Bonchev–Trinajstić information content (AvgIpc) is 1.66. The molecule has 2 heteroatoms. The zero-order valence-corrected chi connectivity index (χ0v) is 5.81. The predicted octanol–water partition coefficient (Wildman–Crippen LogP) is 0.685. The van der Waals surface area contributed by atoms with Gasteiger partial charge < -0.3 is 5.32 Å². The van der Waals surface area contributed by atoms with Crippen molar-refractivity contribution in [2.75, 3.05) is 13.6 Å². The second kappa shape index (κ2) is 4.78. The van der Waals surface area contributed by atoms with Gasteiger partial charge in [0.2, 0.25) is 0 Å². The summed E-state index contributed by atoms with van der Waals surface area (Å²) in [4.78, 5) is 4.13. The molecule has 0 saturated heterocycles. The fourth-order valence-electron chi connectivity index (χ4n) is 0.355. The van der Waals surface area contributed by atoms with Crippen LogP contribution in [0.2, 0.25) is 0 Å². The first kappa shape index (κ1) is 7.63. The summed E-state index contributed by atoms with van der Waals surface area (Å²) in [5.41, 5.74) is 0. The molecule has 0 aliphatic heterocycles. The van der Waals surface area contributed by atoms with Crippen molar-refractivity contribution in [1.82, 2.24) is 5.32 Å². The van der Waals surface area contributed by atoms with E-state index in [2.05, 4.69) is 24.2 Å². The molecule has 0 saturated carbocycles. The van der Waals surface area contributed by atoms with Crippen LogP contribution in [0.1, 0.15) is 13.8 Å². The van der Waals surface area contributed by atoms with E-state index < -0.39 is 0 Å². The van der Waals surface area contributed by atoms with Crippen LogP contribution in [0.15, 0.2) is 4.99 Å². The second-order valence-corrected chi connectivity index (χ2v) is 1.98. The molecule has 0 aliphatic carbocycles. The van der Waals surface area contributed by atoms with Crippen LogP contribution in [-0.2, 0) is 0 Å². The van der Waals surface area contributed by atoms with Crippen LogP contribution >= 0.6 is 0 Å². The smallest absolute Gasteiger partial charge is 0.0439 e. The molecule has 0 aliphatic rings. The van der Waals surface area contributed by atoms with Gasteiger partial charge in [-0.1, -0.05) is 0 Å². The van der Waals surface area contributed by atoms with Gasteiger partial charge in [0, 0.05) is 18.8 Å². The van der Waals surface area contributed by atoms with Crippen molar-refractivity contribution in [2.45, 2.75) is 19.9 Å². The predicted molar refractivity (Wildman–Crippen MR) is 37.6 cm³/mol. The highest BCUT2D eigenvalue weighted by molar-refractivity contribution is 5.59. The Morgan fingerprint density at radius 2 is 2.25 bits per heavy atom. The molecule has 1 N–H and O–H groups in total. The van der Waals surface area contributed by atoms with Crippen molar-refractivity contribution in [1.29, 1.82) is 0 Å². The lowest BCUT2D eigenvalue weighted by Gasteiger charge is -1.92. The summed E-state index contributed by atoms with van der Waals surface area (Å²) in [5, 5.41) is 2.97. The second-order valence-electron chi connectivity index (χ2n) is 1.98. The first-order chi connectivity index (χ1) is 3.77. The molecule has 0 bridgehead atoms. The van der Waals surface area contributed by atoms with Crippen LogP contribution in [0.3, 0.4) is 0 Å². The van der Waals surface area contributed by atoms with Gasteiger partial charge >= 0.3 is 0 Å². The molecule has 0 unspecified atom stereocenters. The Kier molecular flexibility index (Phi) is 4.56. The topological polar surface area (TPSA) is 24.4 Å². The molecule has 0 aromatic heterocycles. The Hall–Kier alpha value is -0.370. The summed E-state index contributed by atoms with van der Waals surface area (Å²) in [6.07, 6.45) is 1.89. The highest BCUT2D eigenvalue weighted by Gasteiger charge is 1.80. The molecule has 0 aromatic rings. The van der Waals surface area contributed by atoms with Gasteiger partial charge in [0.05, 0.1) is 0 Å². The Bertz CT molecular complexity index is 66.9. The highest BCUT2D eigenvalue weighted by Crippen LogP contribution is 1.80. The van der Waals surface area contributed by atoms with E-state index in [0.29, 0.717) is 6.04 Å². The van der Waals surface area contributed by atoms with Gasteiger partial charge in [-0.3, -0.25) is 4.99 Å². The van der Waals surface area contributed by atoms with E-state index in [9.17, 15) is 0 Å². The van der Waals surface area contributed by atoms with Crippen molar-refractivity contribution in [3.63, 3.8) is 0 Å². The molecule has 0 aromatic carbocycles. The van der Waals surface area contributed by atoms with Crippen molar-refractivity contribution in [3.8, 4) is 0 Å². The molecule has 48 valence electrons. The molecule has 0 radical (unpaired) electrons. The number of rotatable bonds is 3. The van der Waals surface area contributed by atoms with Crippen molar-refractivity contribution < 1.29 is 0 Å². The van der Waals surface area contributed by atoms with Gasteiger partial charge in [-0.25, -0.2) is 0 Å². The minimum atomic E-state index is 0.434. The fraction of sp³-hybridized carbons (Fsp3) is 0.833. The van der Waals surface area contributed by atoms with Gasteiger partial charge in [-0.2, -0.15) is 0 Å². The maximum absolute atomic E-state index is 4.13. The Morgan fingerprint density at radius 1 is 1.62 bits per heavy atom. The third-order valence-electron chi connectivity index (χ3n) is 0.699. The molecular weight excluding hydrogens is 100 g/mol.